The van der Waals surface area contributed by atoms with Crippen LogP contribution in [0, 0.1) is 20.8 Å². The van der Waals surface area contributed by atoms with Gasteiger partial charge < -0.3 is 5.32 Å². The molecule has 0 saturated carbocycles. The van der Waals surface area contributed by atoms with Crippen molar-refractivity contribution in [2.24, 2.45) is 0 Å². The van der Waals surface area contributed by atoms with E-state index in [2.05, 4.69) is 20.6 Å². The van der Waals surface area contributed by atoms with Crippen molar-refractivity contribution in [1.82, 2.24) is 24.5 Å². The minimum absolute atomic E-state index is 0.120. The molecule has 0 bridgehead atoms. The summed E-state index contributed by atoms with van der Waals surface area (Å²) in [4.78, 5) is 29.5. The molecule has 146 valence electrons. The van der Waals surface area contributed by atoms with Crippen LogP contribution in [0.1, 0.15) is 16.7 Å². The van der Waals surface area contributed by atoms with Crippen molar-refractivity contribution >= 4 is 22.8 Å². The van der Waals surface area contributed by atoms with Crippen LogP contribution in [-0.2, 0) is 11.3 Å². The molecule has 1 N–H and O–H groups in total. The summed E-state index contributed by atoms with van der Waals surface area (Å²) in [5.41, 5.74) is 4.75. The van der Waals surface area contributed by atoms with Gasteiger partial charge in [0.05, 0.1) is 5.69 Å². The zero-order valence-electron chi connectivity index (χ0n) is 16.4. The van der Waals surface area contributed by atoms with Crippen molar-refractivity contribution in [1.29, 1.82) is 0 Å². The number of nitrogens with one attached hydrogen (secondary N) is 1. The van der Waals surface area contributed by atoms with Gasteiger partial charge in [0.25, 0.3) is 5.56 Å². The molecular formula is C21H20N6O2. The van der Waals surface area contributed by atoms with Crippen LogP contribution in [0.2, 0.25) is 0 Å². The van der Waals surface area contributed by atoms with Crippen molar-refractivity contribution < 1.29 is 4.79 Å². The highest BCUT2D eigenvalue weighted by Crippen LogP contribution is 2.16. The van der Waals surface area contributed by atoms with Crippen LogP contribution in [-0.4, -0.2) is 30.5 Å². The average molecular weight is 388 g/mol. The van der Waals surface area contributed by atoms with Crippen LogP contribution in [0.3, 0.4) is 0 Å². The van der Waals surface area contributed by atoms with Crippen LogP contribution < -0.4 is 10.9 Å². The molecule has 8 nitrogen and oxygen atoms in total. The van der Waals surface area contributed by atoms with E-state index in [1.807, 2.05) is 63.2 Å². The molecule has 2 aromatic carbocycles. The Bertz CT molecular complexity index is 1290. The molecule has 4 aromatic rings. The molecule has 0 saturated heterocycles. The normalized spacial score (nSPS) is 11.0. The lowest BCUT2D eigenvalue weighted by Crippen LogP contribution is -2.28. The molecule has 2 aromatic heterocycles. The minimum Gasteiger partial charge on any atom is -0.324 e. The van der Waals surface area contributed by atoms with Crippen LogP contribution >= 0.6 is 0 Å². The number of para-hydroxylation sites is 1. The third kappa shape index (κ3) is 3.52. The SMILES string of the molecule is Cc1ccc(-n2nnc3c(=O)n(CC(=O)Nc4ccccc4C)cnc32)cc1C. The predicted molar refractivity (Wildman–Crippen MR) is 110 cm³/mol. The van der Waals surface area contributed by atoms with E-state index in [9.17, 15) is 9.59 Å². The quantitative estimate of drug-likeness (QED) is 0.580. The smallest absolute Gasteiger partial charge is 0.284 e. The molecule has 8 heteroatoms. The highest BCUT2D eigenvalue weighted by atomic mass is 16.2. The summed E-state index contributed by atoms with van der Waals surface area (Å²) in [5.74, 6) is -0.316. The number of nitrogens with zero attached hydrogens (tertiary/aromatic N) is 5. The van der Waals surface area contributed by atoms with E-state index >= 15 is 0 Å². The Labute approximate surface area is 166 Å². The van der Waals surface area contributed by atoms with E-state index in [1.165, 1.54) is 15.6 Å². The van der Waals surface area contributed by atoms with Crippen molar-refractivity contribution in [3.8, 4) is 5.69 Å². The van der Waals surface area contributed by atoms with Gasteiger partial charge in [0.15, 0.2) is 11.2 Å². The number of anilines is 1. The van der Waals surface area contributed by atoms with Crippen molar-refractivity contribution in [2.75, 3.05) is 5.32 Å². The number of carbonyl (C=O) groups excluding carboxylic acids is 1. The molecule has 4 rings (SSSR count). The first-order valence-electron chi connectivity index (χ1n) is 9.18. The fourth-order valence-electron chi connectivity index (χ4n) is 3.05. The number of hydrogen-bond acceptors (Lipinski definition) is 5. The molecule has 0 aliphatic rings. The van der Waals surface area contributed by atoms with E-state index < -0.39 is 5.56 Å². The molecule has 0 aliphatic carbocycles. The number of fused-ring (bicyclic) bond motifs is 1. The molecule has 0 radical (unpaired) electrons. The van der Waals surface area contributed by atoms with Gasteiger partial charge in [0, 0.05) is 5.69 Å². The Morgan fingerprint density at radius 2 is 1.83 bits per heavy atom. The molecule has 0 spiro atoms. The fraction of sp³-hybridized carbons (Fsp3) is 0.190. The second-order valence-corrected chi connectivity index (χ2v) is 6.98. The molecule has 0 aliphatic heterocycles. The van der Waals surface area contributed by atoms with Crippen LogP contribution in [0.15, 0.2) is 53.6 Å². The summed E-state index contributed by atoms with van der Waals surface area (Å²) in [6.45, 7) is 5.77. The first kappa shape index (κ1) is 18.5. The van der Waals surface area contributed by atoms with Crippen molar-refractivity contribution in [2.45, 2.75) is 27.3 Å². The maximum Gasteiger partial charge on any atom is 0.284 e. The van der Waals surface area contributed by atoms with Gasteiger partial charge in [0.1, 0.15) is 12.9 Å². The number of rotatable bonds is 4. The van der Waals surface area contributed by atoms with Crippen LogP contribution in [0.5, 0.6) is 0 Å². The Morgan fingerprint density at radius 3 is 2.59 bits per heavy atom. The van der Waals surface area contributed by atoms with Gasteiger partial charge in [-0.05, 0) is 55.7 Å². The van der Waals surface area contributed by atoms with E-state index in [1.54, 1.807) is 0 Å². The van der Waals surface area contributed by atoms with Gasteiger partial charge in [0.2, 0.25) is 5.91 Å². The van der Waals surface area contributed by atoms with Gasteiger partial charge in [-0.1, -0.05) is 29.5 Å². The van der Waals surface area contributed by atoms with Gasteiger partial charge in [-0.2, -0.15) is 4.68 Å². The summed E-state index contributed by atoms with van der Waals surface area (Å²) in [5, 5.41) is 10.9. The summed E-state index contributed by atoms with van der Waals surface area (Å²) < 4.78 is 2.76. The average Bonchev–Trinajstić information content (AvgIpc) is 3.13. The van der Waals surface area contributed by atoms with E-state index in [-0.39, 0.29) is 18.0 Å². The Morgan fingerprint density at radius 1 is 1.03 bits per heavy atom. The maximum atomic E-state index is 12.8. The molecular weight excluding hydrogens is 368 g/mol. The minimum atomic E-state index is -0.412. The summed E-state index contributed by atoms with van der Waals surface area (Å²) in [6, 6.07) is 13.3. The number of amides is 1. The lowest BCUT2D eigenvalue weighted by molar-refractivity contribution is -0.116. The lowest BCUT2D eigenvalue weighted by Gasteiger charge is -2.09. The Balaban J connectivity index is 1.63. The lowest BCUT2D eigenvalue weighted by atomic mass is 10.1. The first-order chi connectivity index (χ1) is 13.9. The summed E-state index contributed by atoms with van der Waals surface area (Å²) in [6.07, 6.45) is 1.35. The zero-order valence-corrected chi connectivity index (χ0v) is 16.4. The number of hydrogen-bond donors (Lipinski definition) is 1. The zero-order chi connectivity index (χ0) is 20.5. The molecule has 0 atom stereocenters. The van der Waals surface area contributed by atoms with Gasteiger partial charge in [-0.3, -0.25) is 14.2 Å². The maximum absolute atomic E-state index is 12.8. The molecule has 1 amide bonds. The second kappa shape index (κ2) is 7.31. The Kier molecular flexibility index (Phi) is 4.67. The van der Waals surface area contributed by atoms with Crippen molar-refractivity contribution in [3.05, 3.63) is 75.8 Å². The van der Waals surface area contributed by atoms with Crippen molar-refractivity contribution in [3.63, 3.8) is 0 Å². The fourth-order valence-corrected chi connectivity index (χ4v) is 3.05. The highest BCUT2D eigenvalue weighted by Gasteiger charge is 2.15. The Hall–Kier alpha value is -3.81. The topological polar surface area (TPSA) is 94.7 Å². The largest absolute Gasteiger partial charge is 0.324 e. The molecule has 0 fully saturated rings. The third-order valence-electron chi connectivity index (χ3n) is 4.90. The van der Waals surface area contributed by atoms with E-state index in [0.717, 1.165) is 22.4 Å². The molecule has 0 unspecified atom stereocenters. The number of benzene rings is 2. The predicted octanol–water partition coefficient (Wildman–Crippen LogP) is 2.54. The van der Waals surface area contributed by atoms with Gasteiger partial charge in [-0.15, -0.1) is 5.10 Å². The van der Waals surface area contributed by atoms with Crippen LogP contribution in [0.4, 0.5) is 5.69 Å². The summed E-state index contributed by atoms with van der Waals surface area (Å²) >= 11 is 0. The molecule has 29 heavy (non-hydrogen) atoms. The van der Waals surface area contributed by atoms with Gasteiger partial charge in [-0.25, -0.2) is 4.98 Å². The number of aryl methyl sites for hydroxylation is 3. The number of aromatic nitrogens is 5. The van der Waals surface area contributed by atoms with E-state index in [4.69, 9.17) is 0 Å². The monoisotopic (exact) mass is 388 g/mol. The highest BCUT2D eigenvalue weighted by molar-refractivity contribution is 5.91. The van der Waals surface area contributed by atoms with E-state index in [0.29, 0.717) is 11.3 Å². The second-order valence-electron chi connectivity index (χ2n) is 6.98. The third-order valence-corrected chi connectivity index (χ3v) is 4.90. The molecule has 2 heterocycles. The first-order valence-corrected chi connectivity index (χ1v) is 9.18. The number of carbonyl (C=O) groups is 1. The van der Waals surface area contributed by atoms with Crippen LogP contribution in [0.25, 0.3) is 16.9 Å². The summed E-state index contributed by atoms with van der Waals surface area (Å²) in [7, 11) is 0. The standard InChI is InChI=1S/C21H20N6O2/c1-13-8-9-16(10-15(13)3)27-20-19(24-25-27)21(29)26(12-22-20)11-18(28)23-17-7-5-4-6-14(17)2/h4-10,12H,11H2,1-3H3,(H,23,28). The van der Waals surface area contributed by atoms with Gasteiger partial charge >= 0.3 is 0 Å².